The summed E-state index contributed by atoms with van der Waals surface area (Å²) in [4.78, 5) is 10.5. The Balaban J connectivity index is 3.95. The van der Waals surface area contributed by atoms with Gasteiger partial charge in [0.2, 0.25) is 0 Å². The van der Waals surface area contributed by atoms with Crippen LogP contribution >= 0.6 is 0 Å². The van der Waals surface area contributed by atoms with Crippen molar-refractivity contribution < 1.29 is 9.53 Å². The van der Waals surface area contributed by atoms with E-state index in [0.717, 1.165) is 0 Å². The summed E-state index contributed by atoms with van der Waals surface area (Å²) < 4.78 is 4.35. The van der Waals surface area contributed by atoms with Gasteiger partial charge in [0, 0.05) is 6.08 Å². The Labute approximate surface area is 78.3 Å². The second-order valence-electron chi connectivity index (χ2n) is 1.90. The fourth-order valence-corrected chi connectivity index (χ4v) is 0.417. The number of carbonyl (C=O) groups excluding carboxylic acids is 1. The summed E-state index contributed by atoms with van der Waals surface area (Å²) in [6.07, 6.45) is 6.15. The maximum absolute atomic E-state index is 10.5. The monoisotopic (exact) mass is 174 g/mol. The first kappa shape index (κ1) is 11.1. The first-order valence-electron chi connectivity index (χ1n) is 3.68. The first-order valence-corrected chi connectivity index (χ1v) is 3.68. The summed E-state index contributed by atoms with van der Waals surface area (Å²) in [5, 5.41) is 0. The number of allylic oxidation sites excluding steroid dienone is 3. The molecule has 2 heteroatoms. The molecule has 0 bridgehead atoms. The molecule has 0 unspecified atom stereocenters. The predicted molar refractivity (Wildman–Crippen MR) is 51.5 cm³/mol. The molecule has 13 heavy (non-hydrogen) atoms. The van der Waals surface area contributed by atoms with Crippen LogP contribution in [0.2, 0.25) is 0 Å². The van der Waals surface area contributed by atoms with E-state index in [4.69, 9.17) is 0 Å². The number of hydrogen-bond acceptors (Lipinski definition) is 2. The second kappa shape index (κ2) is 8.17. The van der Waals surface area contributed by atoms with E-state index in [-0.39, 0.29) is 0 Å². The van der Waals surface area contributed by atoms with E-state index in [0.29, 0.717) is 0 Å². The van der Waals surface area contributed by atoms with Crippen LogP contribution in [-0.4, -0.2) is 13.1 Å². The first-order chi connectivity index (χ1) is 6.31. The Morgan fingerprint density at radius 1 is 1.23 bits per heavy atom. The normalized spacial score (nSPS) is 8.77. The third kappa shape index (κ3) is 7.97. The number of methoxy groups -OCH3 is 1. The van der Waals surface area contributed by atoms with Gasteiger partial charge in [0.05, 0.1) is 7.11 Å². The molecule has 0 aliphatic heterocycles. The maximum Gasteiger partial charge on any atom is 0.331 e. The summed E-state index contributed by atoms with van der Waals surface area (Å²) in [5.41, 5.74) is 0. The van der Waals surface area contributed by atoms with Gasteiger partial charge >= 0.3 is 5.97 Å². The van der Waals surface area contributed by atoms with Gasteiger partial charge in [0.1, 0.15) is 0 Å². The van der Waals surface area contributed by atoms with Gasteiger partial charge < -0.3 is 4.74 Å². The lowest BCUT2D eigenvalue weighted by molar-refractivity contribution is -0.134. The molecule has 0 atom stereocenters. The average Bonchev–Trinajstić information content (AvgIpc) is 2.16. The van der Waals surface area contributed by atoms with Crippen molar-refractivity contribution in [3.8, 4) is 23.7 Å². The van der Waals surface area contributed by atoms with Crippen LogP contribution in [0.15, 0.2) is 24.3 Å². The molecule has 0 saturated heterocycles. The topological polar surface area (TPSA) is 26.3 Å². The highest BCUT2D eigenvalue weighted by molar-refractivity contribution is 5.82. The van der Waals surface area contributed by atoms with Crippen LogP contribution in [-0.2, 0) is 9.53 Å². The fourth-order valence-electron chi connectivity index (χ4n) is 0.417. The summed E-state index contributed by atoms with van der Waals surface area (Å²) in [7, 11) is 1.31. The molecular weight excluding hydrogens is 164 g/mol. The number of ether oxygens (including phenoxy) is 1. The Bertz CT molecular complexity index is 327. The van der Waals surface area contributed by atoms with Crippen LogP contribution in [0.4, 0.5) is 0 Å². The Morgan fingerprint density at radius 3 is 2.38 bits per heavy atom. The van der Waals surface area contributed by atoms with Crippen LogP contribution in [0.5, 0.6) is 0 Å². The van der Waals surface area contributed by atoms with Gasteiger partial charge in [0.25, 0.3) is 0 Å². The van der Waals surface area contributed by atoms with Gasteiger partial charge in [-0.15, -0.1) is 0 Å². The van der Waals surface area contributed by atoms with E-state index in [1.807, 2.05) is 13.0 Å². The molecule has 0 amide bonds. The van der Waals surface area contributed by atoms with Crippen molar-refractivity contribution in [1.82, 2.24) is 0 Å². The van der Waals surface area contributed by atoms with Crippen molar-refractivity contribution in [2.45, 2.75) is 6.92 Å². The Hall–Kier alpha value is -1.93. The van der Waals surface area contributed by atoms with E-state index in [1.54, 1.807) is 6.08 Å². The van der Waals surface area contributed by atoms with Crippen molar-refractivity contribution in [3.05, 3.63) is 24.3 Å². The molecular formula is C11H10O2. The molecule has 0 aliphatic carbocycles. The van der Waals surface area contributed by atoms with E-state index >= 15 is 0 Å². The highest BCUT2D eigenvalue weighted by Gasteiger charge is 1.85. The van der Waals surface area contributed by atoms with E-state index in [1.165, 1.54) is 19.3 Å². The molecule has 0 aromatic heterocycles. The fraction of sp³-hybridized carbons (Fsp3) is 0.182. The molecule has 0 aromatic rings. The van der Waals surface area contributed by atoms with Crippen LogP contribution < -0.4 is 0 Å². The molecule has 0 saturated carbocycles. The van der Waals surface area contributed by atoms with Crippen LogP contribution in [0.25, 0.3) is 0 Å². The van der Waals surface area contributed by atoms with E-state index in [9.17, 15) is 4.79 Å². The summed E-state index contributed by atoms with van der Waals surface area (Å²) in [6, 6.07) is 0. The zero-order valence-electron chi connectivity index (χ0n) is 7.63. The minimum atomic E-state index is -0.421. The standard InChI is InChI=1S/C11H10O2/c1-3-4-5-6-7-8-9-10-11(12)13-2/h3-4,9-10H,1-2H3/b4-3+,10-9+. The second-order valence-corrected chi connectivity index (χ2v) is 1.90. The molecule has 2 nitrogen and oxygen atoms in total. The SMILES string of the molecule is C/C=C/C#CC#C/C=C/C(=O)OC. The third-order valence-corrected chi connectivity index (χ3v) is 0.961. The smallest absolute Gasteiger partial charge is 0.331 e. The van der Waals surface area contributed by atoms with E-state index in [2.05, 4.69) is 28.4 Å². The molecule has 0 aromatic carbocycles. The zero-order valence-corrected chi connectivity index (χ0v) is 7.63. The maximum atomic E-state index is 10.5. The predicted octanol–water partition coefficient (Wildman–Crippen LogP) is 1.30. The minimum Gasteiger partial charge on any atom is -0.466 e. The molecule has 0 heterocycles. The lowest BCUT2D eigenvalue weighted by Gasteiger charge is -1.84. The molecule has 0 spiro atoms. The Morgan fingerprint density at radius 2 is 1.85 bits per heavy atom. The van der Waals surface area contributed by atoms with Gasteiger partial charge in [-0.25, -0.2) is 4.79 Å². The van der Waals surface area contributed by atoms with Crippen molar-refractivity contribution in [2.75, 3.05) is 7.11 Å². The number of carbonyl (C=O) groups is 1. The molecule has 66 valence electrons. The number of esters is 1. The van der Waals surface area contributed by atoms with Gasteiger partial charge in [-0.05, 0) is 30.9 Å². The zero-order chi connectivity index (χ0) is 9.94. The van der Waals surface area contributed by atoms with Crippen molar-refractivity contribution in [3.63, 3.8) is 0 Å². The largest absolute Gasteiger partial charge is 0.466 e. The highest BCUT2D eigenvalue weighted by Crippen LogP contribution is 1.75. The van der Waals surface area contributed by atoms with Crippen molar-refractivity contribution in [1.29, 1.82) is 0 Å². The highest BCUT2D eigenvalue weighted by atomic mass is 16.5. The summed E-state index contributed by atoms with van der Waals surface area (Å²) in [5.74, 6) is 9.95. The lowest BCUT2D eigenvalue weighted by atomic mass is 10.4. The summed E-state index contributed by atoms with van der Waals surface area (Å²) in [6.45, 7) is 1.87. The molecule has 0 N–H and O–H groups in total. The lowest BCUT2D eigenvalue weighted by Crippen LogP contribution is -1.92. The molecule has 0 radical (unpaired) electrons. The van der Waals surface area contributed by atoms with Gasteiger partial charge in [-0.2, -0.15) is 0 Å². The molecule has 0 fully saturated rings. The van der Waals surface area contributed by atoms with Crippen LogP contribution in [0, 0.1) is 23.7 Å². The number of rotatable bonds is 1. The minimum absolute atomic E-state index is 0.421. The molecule has 0 rings (SSSR count). The number of hydrogen-bond donors (Lipinski definition) is 0. The van der Waals surface area contributed by atoms with Gasteiger partial charge in [0.15, 0.2) is 0 Å². The average molecular weight is 174 g/mol. The summed E-state index contributed by atoms with van der Waals surface area (Å²) >= 11 is 0. The van der Waals surface area contributed by atoms with Crippen molar-refractivity contribution in [2.24, 2.45) is 0 Å². The van der Waals surface area contributed by atoms with E-state index < -0.39 is 5.97 Å². The van der Waals surface area contributed by atoms with Crippen LogP contribution in [0.1, 0.15) is 6.92 Å². The molecule has 0 aliphatic rings. The third-order valence-electron chi connectivity index (χ3n) is 0.961. The van der Waals surface area contributed by atoms with Crippen LogP contribution in [0.3, 0.4) is 0 Å². The Kier molecular flexibility index (Phi) is 6.96. The quantitative estimate of drug-likeness (QED) is 0.340. The van der Waals surface area contributed by atoms with Gasteiger partial charge in [-0.1, -0.05) is 17.9 Å². The van der Waals surface area contributed by atoms with Crippen molar-refractivity contribution >= 4 is 5.97 Å². The van der Waals surface area contributed by atoms with Gasteiger partial charge in [-0.3, -0.25) is 0 Å².